The van der Waals surface area contributed by atoms with Gasteiger partial charge in [-0.15, -0.1) is 0 Å². The summed E-state index contributed by atoms with van der Waals surface area (Å²) in [4.78, 5) is 12.5. The van der Waals surface area contributed by atoms with Crippen LogP contribution in [-0.4, -0.2) is 51.6 Å². The van der Waals surface area contributed by atoms with Crippen LogP contribution in [0.5, 0.6) is 0 Å². The highest BCUT2D eigenvalue weighted by Gasteiger charge is 2.28. The summed E-state index contributed by atoms with van der Waals surface area (Å²) in [7, 11) is -0.934. The van der Waals surface area contributed by atoms with Crippen LogP contribution in [0.1, 0.15) is 16.7 Å². The molecule has 2 rings (SSSR count). The molecular formula is C21H27Cl2N3O3S2. The van der Waals surface area contributed by atoms with Gasteiger partial charge in [-0.05, 0) is 48.7 Å². The lowest BCUT2D eigenvalue weighted by molar-refractivity contribution is -0.119. The topological polar surface area (TPSA) is 69.7 Å². The predicted octanol–water partition coefficient (Wildman–Crippen LogP) is 4.27. The highest BCUT2D eigenvalue weighted by Crippen LogP contribution is 2.26. The quantitative estimate of drug-likeness (QED) is 0.491. The van der Waals surface area contributed by atoms with Crippen molar-refractivity contribution >= 4 is 56.8 Å². The molecule has 1 amide bonds. The van der Waals surface area contributed by atoms with Crippen molar-refractivity contribution in [1.29, 1.82) is 0 Å². The Hall–Kier alpha value is -1.45. The van der Waals surface area contributed by atoms with Gasteiger partial charge in [0.1, 0.15) is 6.54 Å². The lowest BCUT2D eigenvalue weighted by Crippen LogP contribution is -2.46. The maximum atomic E-state index is 12.9. The molecule has 0 heterocycles. The number of amides is 1. The fourth-order valence-electron chi connectivity index (χ4n) is 2.75. The molecule has 0 aliphatic carbocycles. The number of hydrogen-bond acceptors (Lipinski definition) is 4. The summed E-state index contributed by atoms with van der Waals surface area (Å²) in [6.07, 6.45) is 0. The van der Waals surface area contributed by atoms with Crippen LogP contribution in [0.25, 0.3) is 0 Å². The van der Waals surface area contributed by atoms with Gasteiger partial charge in [0.05, 0.1) is 5.69 Å². The summed E-state index contributed by atoms with van der Waals surface area (Å²) in [6, 6.07) is 10.9. The van der Waals surface area contributed by atoms with Gasteiger partial charge < -0.3 is 5.32 Å². The number of thioether (sulfide) groups is 1. The molecule has 6 nitrogen and oxygen atoms in total. The second kappa shape index (κ2) is 11.4. The number of nitrogens with one attached hydrogen (secondary N) is 1. The summed E-state index contributed by atoms with van der Waals surface area (Å²) in [5, 5.41) is 4.00. The number of carbonyl (C=O) groups excluding carboxylic acids is 1. The second-order valence-corrected chi connectivity index (χ2v) is 11.2. The number of carbonyl (C=O) groups is 1. The molecule has 10 heteroatoms. The number of nitrogens with zero attached hydrogens (tertiary/aromatic N) is 2. The summed E-state index contributed by atoms with van der Waals surface area (Å²) in [5.74, 6) is 0.987. The molecule has 0 aliphatic rings. The Morgan fingerprint density at radius 3 is 2.45 bits per heavy atom. The minimum absolute atomic E-state index is 0.293. The van der Waals surface area contributed by atoms with Gasteiger partial charge in [0.25, 0.3) is 0 Å². The monoisotopic (exact) mass is 503 g/mol. The molecule has 0 saturated heterocycles. The van der Waals surface area contributed by atoms with Gasteiger partial charge in [-0.25, -0.2) is 4.31 Å². The van der Waals surface area contributed by atoms with E-state index in [-0.39, 0.29) is 12.5 Å². The molecule has 0 aromatic heterocycles. The summed E-state index contributed by atoms with van der Waals surface area (Å²) in [5.41, 5.74) is 3.16. The number of rotatable bonds is 10. The van der Waals surface area contributed by atoms with Gasteiger partial charge >= 0.3 is 10.2 Å². The Kier molecular flexibility index (Phi) is 9.51. The van der Waals surface area contributed by atoms with Gasteiger partial charge in [-0.2, -0.15) is 24.5 Å². The van der Waals surface area contributed by atoms with E-state index in [1.54, 1.807) is 30.0 Å². The van der Waals surface area contributed by atoms with E-state index in [0.29, 0.717) is 33.8 Å². The zero-order valence-electron chi connectivity index (χ0n) is 18.0. The molecule has 2 aromatic rings. The van der Waals surface area contributed by atoms with Crippen LogP contribution in [-0.2, 0) is 20.8 Å². The number of benzene rings is 2. The Morgan fingerprint density at radius 1 is 1.10 bits per heavy atom. The molecule has 0 bridgehead atoms. The molecule has 2 aromatic carbocycles. The molecule has 31 heavy (non-hydrogen) atoms. The molecule has 170 valence electrons. The van der Waals surface area contributed by atoms with Crippen LogP contribution in [0.3, 0.4) is 0 Å². The third kappa shape index (κ3) is 7.29. The van der Waals surface area contributed by atoms with E-state index in [0.717, 1.165) is 25.3 Å². The number of aryl methyl sites for hydroxylation is 2. The number of hydrogen-bond donors (Lipinski definition) is 1. The molecule has 0 atom stereocenters. The fourth-order valence-corrected chi connectivity index (χ4v) is 5.28. The van der Waals surface area contributed by atoms with Crippen molar-refractivity contribution in [2.45, 2.75) is 19.6 Å². The highest BCUT2D eigenvalue weighted by molar-refractivity contribution is 7.98. The van der Waals surface area contributed by atoms with Crippen LogP contribution in [0.4, 0.5) is 5.69 Å². The minimum Gasteiger partial charge on any atom is -0.354 e. The first-order valence-electron chi connectivity index (χ1n) is 9.58. The molecule has 0 spiro atoms. The molecule has 0 fully saturated rings. The van der Waals surface area contributed by atoms with Crippen LogP contribution in [0.2, 0.25) is 10.0 Å². The Balaban J connectivity index is 1.97. The maximum absolute atomic E-state index is 12.9. The summed E-state index contributed by atoms with van der Waals surface area (Å²) < 4.78 is 28.0. The third-order valence-electron chi connectivity index (χ3n) is 4.50. The SMILES string of the molecule is Cc1ccc(C)c(N(CC(=O)NCCSCc2ccc(Cl)cc2Cl)S(=O)(=O)N(C)C)c1. The smallest absolute Gasteiger partial charge is 0.304 e. The molecular weight excluding hydrogens is 477 g/mol. The average molecular weight is 505 g/mol. The van der Waals surface area contributed by atoms with E-state index in [4.69, 9.17) is 23.2 Å². The van der Waals surface area contributed by atoms with Crippen molar-refractivity contribution in [3.63, 3.8) is 0 Å². The average Bonchev–Trinajstić information content (AvgIpc) is 2.69. The molecule has 0 radical (unpaired) electrons. The Morgan fingerprint density at radius 2 is 1.81 bits per heavy atom. The first-order chi connectivity index (χ1) is 14.5. The lowest BCUT2D eigenvalue weighted by Gasteiger charge is -2.28. The lowest BCUT2D eigenvalue weighted by atomic mass is 10.1. The molecule has 0 unspecified atom stereocenters. The van der Waals surface area contributed by atoms with Crippen molar-refractivity contribution in [2.24, 2.45) is 0 Å². The van der Waals surface area contributed by atoms with Crippen LogP contribution in [0.15, 0.2) is 36.4 Å². The second-order valence-electron chi connectivity index (χ2n) is 7.23. The zero-order chi connectivity index (χ0) is 23.2. The van der Waals surface area contributed by atoms with E-state index in [9.17, 15) is 13.2 Å². The largest absolute Gasteiger partial charge is 0.354 e. The van der Waals surface area contributed by atoms with Crippen molar-refractivity contribution < 1.29 is 13.2 Å². The van der Waals surface area contributed by atoms with E-state index < -0.39 is 10.2 Å². The van der Waals surface area contributed by atoms with E-state index in [1.165, 1.54) is 14.1 Å². The standard InChI is InChI=1S/C21H27Cl2N3O3S2/c1-15-5-6-16(2)20(11-15)26(31(28,29)25(3)4)13-21(27)24-9-10-30-14-17-7-8-18(22)12-19(17)23/h5-8,11-12H,9-10,13-14H2,1-4H3,(H,24,27). The van der Waals surface area contributed by atoms with E-state index in [2.05, 4.69) is 5.32 Å². The third-order valence-corrected chi connectivity index (χ3v) is 7.90. The highest BCUT2D eigenvalue weighted by atomic mass is 35.5. The minimum atomic E-state index is -3.83. The van der Waals surface area contributed by atoms with E-state index in [1.807, 2.05) is 32.0 Å². The zero-order valence-corrected chi connectivity index (χ0v) is 21.1. The van der Waals surface area contributed by atoms with Crippen LogP contribution in [0, 0.1) is 13.8 Å². The normalized spacial score (nSPS) is 11.6. The number of halogens is 2. The van der Waals surface area contributed by atoms with Gasteiger partial charge in [0.2, 0.25) is 5.91 Å². The predicted molar refractivity (Wildman–Crippen MR) is 132 cm³/mol. The van der Waals surface area contributed by atoms with Crippen molar-refractivity contribution in [3.05, 3.63) is 63.1 Å². The number of anilines is 1. The first kappa shape index (κ1) is 25.8. The van der Waals surface area contributed by atoms with Crippen molar-refractivity contribution in [3.8, 4) is 0 Å². The van der Waals surface area contributed by atoms with Crippen molar-refractivity contribution in [1.82, 2.24) is 9.62 Å². The molecule has 1 N–H and O–H groups in total. The maximum Gasteiger partial charge on any atom is 0.304 e. The summed E-state index contributed by atoms with van der Waals surface area (Å²) >= 11 is 13.7. The Bertz CT molecular complexity index is 1030. The van der Waals surface area contributed by atoms with Crippen LogP contribution >= 0.6 is 35.0 Å². The first-order valence-corrected chi connectivity index (χ1v) is 12.9. The fraction of sp³-hybridized carbons (Fsp3) is 0.381. The van der Waals surface area contributed by atoms with Gasteiger partial charge in [0.15, 0.2) is 0 Å². The Labute approximate surface area is 199 Å². The molecule has 0 saturated carbocycles. The van der Waals surface area contributed by atoms with E-state index >= 15 is 0 Å². The van der Waals surface area contributed by atoms with Crippen LogP contribution < -0.4 is 9.62 Å². The molecule has 0 aliphatic heterocycles. The van der Waals surface area contributed by atoms with Gasteiger partial charge in [-0.1, -0.05) is 41.4 Å². The summed E-state index contributed by atoms with van der Waals surface area (Å²) in [6.45, 7) is 3.83. The van der Waals surface area contributed by atoms with Gasteiger partial charge in [0, 0.05) is 42.2 Å². The van der Waals surface area contributed by atoms with Crippen molar-refractivity contribution in [2.75, 3.05) is 37.2 Å². The van der Waals surface area contributed by atoms with Gasteiger partial charge in [-0.3, -0.25) is 4.79 Å².